The Kier molecular flexibility index (Phi) is 4.39. The van der Waals surface area contributed by atoms with Crippen molar-refractivity contribution in [1.82, 2.24) is 20.8 Å². The van der Waals surface area contributed by atoms with Crippen molar-refractivity contribution in [2.45, 2.75) is 56.9 Å². The lowest BCUT2D eigenvalue weighted by molar-refractivity contribution is 0.428. The second-order valence-electron chi connectivity index (χ2n) is 7.82. The smallest absolute Gasteiger partial charge is 0.160 e. The third kappa shape index (κ3) is 3.36. The van der Waals surface area contributed by atoms with E-state index < -0.39 is 0 Å². The third-order valence-electron chi connectivity index (χ3n) is 5.95. The maximum atomic E-state index is 13.7. The predicted molar refractivity (Wildman–Crippen MR) is 104 cm³/mol. The highest BCUT2D eigenvalue weighted by atomic mass is 19.1. The molecule has 0 spiro atoms. The van der Waals surface area contributed by atoms with Crippen molar-refractivity contribution in [2.24, 2.45) is 4.99 Å². The quantitative estimate of drug-likeness (QED) is 0.856. The molecule has 6 nitrogen and oxygen atoms in total. The largest absolute Gasteiger partial charge is 0.356 e. The van der Waals surface area contributed by atoms with Crippen molar-refractivity contribution in [3.05, 3.63) is 35.4 Å². The van der Waals surface area contributed by atoms with Gasteiger partial charge in [0.05, 0.1) is 6.04 Å². The van der Waals surface area contributed by atoms with Gasteiger partial charge in [-0.15, -0.1) is 0 Å². The summed E-state index contributed by atoms with van der Waals surface area (Å²) in [5.41, 5.74) is 7.13. The average Bonchev–Trinajstić information content (AvgIpc) is 3.03. The zero-order chi connectivity index (χ0) is 18.2. The molecule has 0 aromatic carbocycles. The van der Waals surface area contributed by atoms with Gasteiger partial charge in [-0.3, -0.25) is 0 Å². The van der Waals surface area contributed by atoms with E-state index in [1.54, 1.807) is 12.2 Å². The highest BCUT2D eigenvalue weighted by Gasteiger charge is 2.29. The number of allylic oxidation sites excluding steroid dienone is 2. The minimum absolute atomic E-state index is 0.0674. The monoisotopic (exact) mass is 368 g/mol. The lowest BCUT2D eigenvalue weighted by Crippen LogP contribution is -2.37. The summed E-state index contributed by atoms with van der Waals surface area (Å²) < 4.78 is 13.7. The van der Waals surface area contributed by atoms with Crippen LogP contribution < -0.4 is 15.8 Å². The normalized spacial score (nSPS) is 26.9. The zero-order valence-corrected chi connectivity index (χ0v) is 15.4. The average molecular weight is 368 g/mol. The fraction of sp³-hybridized carbons (Fsp3) is 0.550. The zero-order valence-electron chi connectivity index (χ0n) is 15.4. The number of anilines is 1. The molecule has 0 bridgehead atoms. The lowest BCUT2D eigenvalue weighted by Gasteiger charge is -2.32. The van der Waals surface area contributed by atoms with Gasteiger partial charge >= 0.3 is 0 Å². The molecule has 4 aliphatic rings. The molecule has 5 rings (SSSR count). The molecule has 1 atom stereocenters. The van der Waals surface area contributed by atoms with Crippen LogP contribution in [-0.4, -0.2) is 34.9 Å². The number of fused-ring (bicyclic) bond motifs is 1. The standard InChI is InChI=1S/C20H25FN6/c21-14-7-8-16-15(11-14)20(26-25-16)23-17-12-18(27-9-4-10-27)24-19(22-17)13-5-2-1-3-6-13/h7,11-13,16,25H,1-6,8-10H2,(H,22,23,24,26). The summed E-state index contributed by atoms with van der Waals surface area (Å²) in [5.74, 6) is 3.44. The molecule has 2 saturated heterocycles. The summed E-state index contributed by atoms with van der Waals surface area (Å²) in [5, 5.41) is 0. The Morgan fingerprint density at radius 3 is 2.74 bits per heavy atom. The molecule has 3 heterocycles. The molecule has 1 aromatic rings. The second kappa shape index (κ2) is 7.03. The summed E-state index contributed by atoms with van der Waals surface area (Å²) in [6.07, 6.45) is 11.1. The maximum Gasteiger partial charge on any atom is 0.160 e. The van der Waals surface area contributed by atoms with Crippen LogP contribution in [0.5, 0.6) is 0 Å². The highest BCUT2D eigenvalue weighted by molar-refractivity contribution is 6.03. The van der Waals surface area contributed by atoms with Gasteiger partial charge in [-0.1, -0.05) is 19.3 Å². The van der Waals surface area contributed by atoms with E-state index in [1.165, 1.54) is 25.7 Å². The van der Waals surface area contributed by atoms with E-state index in [2.05, 4.69) is 15.8 Å². The van der Waals surface area contributed by atoms with Gasteiger partial charge in [-0.05, 0) is 37.8 Å². The van der Waals surface area contributed by atoms with Crippen LogP contribution in [0.3, 0.4) is 0 Å². The van der Waals surface area contributed by atoms with Gasteiger partial charge in [0.1, 0.15) is 23.3 Å². The summed E-state index contributed by atoms with van der Waals surface area (Å²) in [4.78, 5) is 16.7. The number of halogens is 1. The number of rotatable bonds is 3. The number of nitrogens with one attached hydrogen (secondary N) is 2. The van der Waals surface area contributed by atoms with Crippen molar-refractivity contribution in [3.63, 3.8) is 0 Å². The van der Waals surface area contributed by atoms with Crippen LogP contribution in [0.25, 0.3) is 0 Å². The minimum atomic E-state index is -0.202. The van der Waals surface area contributed by atoms with Crippen molar-refractivity contribution in [3.8, 4) is 0 Å². The molecule has 1 saturated carbocycles. The first kappa shape index (κ1) is 16.9. The predicted octanol–water partition coefficient (Wildman–Crippen LogP) is 3.42. The van der Waals surface area contributed by atoms with Crippen molar-refractivity contribution < 1.29 is 4.39 Å². The number of hydrogen-bond donors (Lipinski definition) is 2. The molecule has 27 heavy (non-hydrogen) atoms. The minimum Gasteiger partial charge on any atom is -0.356 e. The van der Waals surface area contributed by atoms with Gasteiger partial charge in [0.2, 0.25) is 0 Å². The van der Waals surface area contributed by atoms with Crippen molar-refractivity contribution >= 4 is 17.5 Å². The van der Waals surface area contributed by atoms with Crippen LogP contribution in [0.15, 0.2) is 34.6 Å². The van der Waals surface area contributed by atoms with Gasteiger partial charge in [0.25, 0.3) is 0 Å². The number of hydrazine groups is 1. The van der Waals surface area contributed by atoms with Gasteiger partial charge in [0, 0.05) is 30.6 Å². The number of hydrogen-bond acceptors (Lipinski definition) is 5. The van der Waals surface area contributed by atoms with Gasteiger partial charge < -0.3 is 10.3 Å². The first-order valence-corrected chi connectivity index (χ1v) is 10.1. The Balaban J connectivity index is 1.50. The Hall–Kier alpha value is -2.28. The molecule has 1 unspecified atom stereocenters. The fourth-order valence-electron chi connectivity index (χ4n) is 4.22. The first-order chi connectivity index (χ1) is 13.3. The number of nitrogens with zero attached hydrogens (tertiary/aromatic N) is 4. The van der Waals surface area contributed by atoms with Crippen LogP contribution in [-0.2, 0) is 0 Å². The van der Waals surface area contributed by atoms with E-state index >= 15 is 0 Å². The van der Waals surface area contributed by atoms with E-state index in [-0.39, 0.29) is 11.9 Å². The molecule has 2 aliphatic carbocycles. The lowest BCUT2D eigenvalue weighted by atomic mass is 9.88. The van der Waals surface area contributed by atoms with Crippen molar-refractivity contribution in [1.29, 1.82) is 0 Å². The molecule has 1 aromatic heterocycles. The molecular formula is C20H25FN6. The van der Waals surface area contributed by atoms with Gasteiger partial charge in [-0.25, -0.2) is 24.8 Å². The molecule has 7 heteroatoms. The third-order valence-corrected chi connectivity index (χ3v) is 5.95. The van der Waals surface area contributed by atoms with Crippen LogP contribution in [0, 0.1) is 0 Å². The number of amidine groups is 1. The molecule has 2 N–H and O–H groups in total. The van der Waals surface area contributed by atoms with E-state index in [0.717, 1.165) is 43.1 Å². The molecule has 142 valence electrons. The van der Waals surface area contributed by atoms with E-state index in [0.29, 0.717) is 24.0 Å². The van der Waals surface area contributed by atoms with Gasteiger partial charge in [0.15, 0.2) is 5.82 Å². The maximum absolute atomic E-state index is 13.7. The molecule has 0 radical (unpaired) electrons. The number of aliphatic imine (C=N–C) groups is 1. The Bertz CT molecular complexity index is 820. The number of aromatic nitrogens is 2. The first-order valence-electron chi connectivity index (χ1n) is 10.1. The molecule has 0 amide bonds. The molecule has 3 fully saturated rings. The second-order valence-corrected chi connectivity index (χ2v) is 7.82. The summed E-state index contributed by atoms with van der Waals surface area (Å²) in [6.45, 7) is 2.08. The van der Waals surface area contributed by atoms with E-state index in [4.69, 9.17) is 15.0 Å². The topological polar surface area (TPSA) is 65.4 Å². The molecule has 2 aliphatic heterocycles. The van der Waals surface area contributed by atoms with Gasteiger partial charge in [-0.2, -0.15) is 0 Å². The highest BCUT2D eigenvalue weighted by Crippen LogP contribution is 2.34. The Labute approximate surface area is 158 Å². The Morgan fingerprint density at radius 1 is 1.11 bits per heavy atom. The van der Waals surface area contributed by atoms with Crippen LogP contribution in [0.1, 0.15) is 56.7 Å². The fourth-order valence-corrected chi connectivity index (χ4v) is 4.22. The van der Waals surface area contributed by atoms with Crippen LogP contribution in [0.2, 0.25) is 0 Å². The summed E-state index contributed by atoms with van der Waals surface area (Å²) in [6, 6.07) is 2.03. The van der Waals surface area contributed by atoms with Crippen LogP contribution in [0.4, 0.5) is 16.0 Å². The van der Waals surface area contributed by atoms with Crippen molar-refractivity contribution in [2.75, 3.05) is 18.0 Å². The summed E-state index contributed by atoms with van der Waals surface area (Å²) in [7, 11) is 0. The van der Waals surface area contributed by atoms with E-state index in [1.807, 2.05) is 6.07 Å². The molecular weight excluding hydrogens is 343 g/mol. The summed E-state index contributed by atoms with van der Waals surface area (Å²) >= 11 is 0. The van der Waals surface area contributed by atoms with Crippen LogP contribution >= 0.6 is 0 Å². The Morgan fingerprint density at radius 2 is 1.96 bits per heavy atom. The van der Waals surface area contributed by atoms with E-state index in [9.17, 15) is 4.39 Å². The SMILES string of the molecule is FC1=CCC2NNC(=Nc3cc(N4CCC4)nc(C4CCCCC4)n3)C2=C1.